The van der Waals surface area contributed by atoms with E-state index in [1.54, 1.807) is 0 Å². The van der Waals surface area contributed by atoms with Crippen LogP contribution in [0.15, 0.2) is 0 Å². The van der Waals surface area contributed by atoms with Gasteiger partial charge in [0.1, 0.15) is 42.7 Å². The van der Waals surface area contributed by atoms with Gasteiger partial charge in [-0.1, -0.05) is 0 Å². The Morgan fingerprint density at radius 2 is 1.24 bits per heavy atom. The van der Waals surface area contributed by atoms with E-state index in [9.17, 15) is 25.5 Å². The highest BCUT2D eigenvalue weighted by Crippen LogP contribution is 2.28. The first-order valence-corrected chi connectivity index (χ1v) is 6.49. The number of aliphatic hydroxyl groups excluding tert-OH is 7. The quantitative estimate of drug-likeness (QED) is 0.267. The molecule has 0 spiro atoms. The van der Waals surface area contributed by atoms with Crippen molar-refractivity contribution in [1.29, 1.82) is 0 Å². The molecule has 10 heteroatoms. The smallest absolute Gasteiger partial charge is 0.187 e. The maximum absolute atomic E-state index is 9.87. The van der Waals surface area contributed by atoms with Gasteiger partial charge in [-0.05, 0) is 0 Å². The summed E-state index contributed by atoms with van der Waals surface area (Å²) in [6, 6.07) is 0. The lowest BCUT2D eigenvalue weighted by atomic mass is 9.99. The summed E-state index contributed by atoms with van der Waals surface area (Å²) < 4.78 is 15.1. The van der Waals surface area contributed by atoms with Gasteiger partial charge in [-0.25, -0.2) is 0 Å². The van der Waals surface area contributed by atoms with Crippen molar-refractivity contribution < 1.29 is 50.0 Å². The molecule has 7 N–H and O–H groups in total. The zero-order chi connectivity index (χ0) is 15.7. The van der Waals surface area contributed by atoms with E-state index in [-0.39, 0.29) is 0 Å². The summed E-state index contributed by atoms with van der Waals surface area (Å²) >= 11 is 0. The third kappa shape index (κ3) is 3.19. The molecule has 2 fully saturated rings. The second-order valence-corrected chi connectivity index (χ2v) is 5.04. The van der Waals surface area contributed by atoms with Crippen molar-refractivity contribution in [2.24, 2.45) is 0 Å². The first kappa shape index (κ1) is 17.0. The van der Waals surface area contributed by atoms with E-state index in [1.165, 1.54) is 0 Å². The Bertz CT molecular complexity index is 341. The maximum Gasteiger partial charge on any atom is 0.187 e. The molecule has 124 valence electrons. The number of rotatable bonds is 4. The third-order valence-corrected chi connectivity index (χ3v) is 3.63. The van der Waals surface area contributed by atoms with Crippen LogP contribution < -0.4 is 0 Å². The fourth-order valence-electron chi connectivity index (χ4n) is 2.35. The average molecular weight is 312 g/mol. The zero-order valence-electron chi connectivity index (χ0n) is 11.0. The molecule has 2 heterocycles. The van der Waals surface area contributed by atoms with Crippen LogP contribution in [0.3, 0.4) is 0 Å². The van der Waals surface area contributed by atoms with Gasteiger partial charge in [-0.3, -0.25) is 0 Å². The van der Waals surface area contributed by atoms with Gasteiger partial charge in [-0.15, -0.1) is 0 Å². The van der Waals surface area contributed by atoms with Crippen molar-refractivity contribution in [3.63, 3.8) is 0 Å². The molecule has 0 aromatic rings. The predicted octanol–water partition coefficient (Wildman–Crippen LogP) is -4.76. The molecular formula is C11H20O10. The Hall–Kier alpha value is -0.400. The fourth-order valence-corrected chi connectivity index (χ4v) is 2.35. The van der Waals surface area contributed by atoms with Crippen LogP contribution in [0.5, 0.6) is 0 Å². The lowest BCUT2D eigenvalue weighted by Crippen LogP contribution is -2.60. The summed E-state index contributed by atoms with van der Waals surface area (Å²) in [5.41, 5.74) is 0. The first-order valence-electron chi connectivity index (χ1n) is 6.49. The number of hydrogen-bond donors (Lipinski definition) is 7. The molecular weight excluding hydrogens is 292 g/mol. The Morgan fingerprint density at radius 3 is 1.76 bits per heavy atom. The molecule has 0 aliphatic carbocycles. The Labute approximate surface area is 119 Å². The normalized spacial score (nSPS) is 51.3. The predicted molar refractivity (Wildman–Crippen MR) is 62.6 cm³/mol. The van der Waals surface area contributed by atoms with Crippen molar-refractivity contribution in [3.05, 3.63) is 0 Å². The Kier molecular flexibility index (Phi) is 5.48. The summed E-state index contributed by atoms with van der Waals surface area (Å²) in [5.74, 6) is 0. The van der Waals surface area contributed by atoms with E-state index >= 15 is 0 Å². The lowest BCUT2D eigenvalue weighted by Gasteiger charge is -2.40. The number of hydrogen-bond acceptors (Lipinski definition) is 10. The minimum Gasteiger partial charge on any atom is -0.394 e. The largest absolute Gasteiger partial charge is 0.394 e. The molecule has 2 aliphatic rings. The van der Waals surface area contributed by atoms with E-state index in [2.05, 4.69) is 0 Å². The van der Waals surface area contributed by atoms with E-state index < -0.39 is 68.5 Å². The van der Waals surface area contributed by atoms with Gasteiger partial charge in [0.2, 0.25) is 0 Å². The number of aliphatic hydroxyl groups is 7. The van der Waals surface area contributed by atoms with Crippen molar-refractivity contribution in [2.45, 2.75) is 55.3 Å². The molecule has 0 aromatic heterocycles. The van der Waals surface area contributed by atoms with Crippen LogP contribution in [0.1, 0.15) is 0 Å². The standard InChI is InChI=1S/C11H20O10/c12-1-3-5(14)7(16)9(10(18)19-3)21-11-8(17)6(15)4(2-13)20-11/h3-18H,1-2H2/t3-,4+,5-,6+,7+,8-,9-,10-,11+/m1/s1. The Morgan fingerprint density at radius 1 is 0.714 bits per heavy atom. The summed E-state index contributed by atoms with van der Waals surface area (Å²) in [5, 5.41) is 66.4. The van der Waals surface area contributed by atoms with Crippen LogP contribution in [-0.4, -0.2) is 104 Å². The van der Waals surface area contributed by atoms with E-state index in [1.807, 2.05) is 0 Å². The van der Waals surface area contributed by atoms with Crippen molar-refractivity contribution in [2.75, 3.05) is 13.2 Å². The van der Waals surface area contributed by atoms with Gasteiger partial charge in [-0.2, -0.15) is 0 Å². The molecule has 0 aromatic carbocycles. The maximum atomic E-state index is 9.87. The van der Waals surface area contributed by atoms with Gasteiger partial charge in [0, 0.05) is 0 Å². The van der Waals surface area contributed by atoms with E-state index in [0.29, 0.717) is 0 Å². The molecule has 2 saturated heterocycles. The second-order valence-electron chi connectivity index (χ2n) is 5.04. The number of ether oxygens (including phenoxy) is 3. The van der Waals surface area contributed by atoms with Crippen LogP contribution in [0.2, 0.25) is 0 Å². The van der Waals surface area contributed by atoms with Crippen LogP contribution >= 0.6 is 0 Å². The highest BCUT2D eigenvalue weighted by atomic mass is 16.7. The van der Waals surface area contributed by atoms with Crippen LogP contribution in [0.25, 0.3) is 0 Å². The molecule has 0 saturated carbocycles. The second kappa shape index (κ2) is 6.79. The first-order chi connectivity index (χ1) is 9.90. The molecule has 2 rings (SSSR count). The molecule has 0 unspecified atom stereocenters. The average Bonchev–Trinajstić information content (AvgIpc) is 2.74. The molecule has 0 amide bonds. The van der Waals surface area contributed by atoms with Crippen LogP contribution in [-0.2, 0) is 14.2 Å². The third-order valence-electron chi connectivity index (χ3n) is 3.63. The molecule has 2 aliphatic heterocycles. The van der Waals surface area contributed by atoms with E-state index in [4.69, 9.17) is 24.4 Å². The summed E-state index contributed by atoms with van der Waals surface area (Å²) in [4.78, 5) is 0. The topological polar surface area (TPSA) is 169 Å². The van der Waals surface area contributed by atoms with Gasteiger partial charge >= 0.3 is 0 Å². The fraction of sp³-hybridized carbons (Fsp3) is 1.00. The molecule has 0 bridgehead atoms. The van der Waals surface area contributed by atoms with Crippen molar-refractivity contribution in [3.8, 4) is 0 Å². The molecule has 21 heavy (non-hydrogen) atoms. The van der Waals surface area contributed by atoms with Crippen LogP contribution in [0.4, 0.5) is 0 Å². The summed E-state index contributed by atoms with van der Waals surface area (Å²) in [7, 11) is 0. The summed E-state index contributed by atoms with van der Waals surface area (Å²) in [6.45, 7) is -1.17. The zero-order valence-corrected chi connectivity index (χ0v) is 11.0. The highest BCUT2D eigenvalue weighted by molar-refractivity contribution is 4.92. The van der Waals surface area contributed by atoms with Crippen LogP contribution in [0, 0.1) is 0 Å². The minimum atomic E-state index is -1.68. The molecule has 9 atom stereocenters. The monoisotopic (exact) mass is 312 g/mol. The van der Waals surface area contributed by atoms with Gasteiger partial charge in [0.25, 0.3) is 0 Å². The van der Waals surface area contributed by atoms with E-state index in [0.717, 1.165) is 0 Å². The van der Waals surface area contributed by atoms with Crippen molar-refractivity contribution in [1.82, 2.24) is 0 Å². The Balaban J connectivity index is 2.02. The molecule has 0 radical (unpaired) electrons. The highest BCUT2D eigenvalue weighted by Gasteiger charge is 2.49. The minimum absolute atomic E-state index is 0.556. The van der Waals surface area contributed by atoms with Gasteiger partial charge in [0.15, 0.2) is 12.6 Å². The molecule has 10 nitrogen and oxygen atoms in total. The van der Waals surface area contributed by atoms with Gasteiger partial charge in [0.05, 0.1) is 13.2 Å². The van der Waals surface area contributed by atoms with Crippen molar-refractivity contribution >= 4 is 0 Å². The summed E-state index contributed by atoms with van der Waals surface area (Å²) in [6.07, 6.45) is -12.8. The van der Waals surface area contributed by atoms with Gasteiger partial charge < -0.3 is 50.0 Å². The SMILES string of the molecule is OC[C@@H]1O[C@@H](O[C@@H]2[C@@H](O)[C@H](O)[C@@H](CO)O[C@H]2O)[C@H](O)[C@H]1O. The lowest BCUT2D eigenvalue weighted by molar-refractivity contribution is -0.327.